The van der Waals surface area contributed by atoms with Gasteiger partial charge < -0.3 is 11.1 Å². The summed E-state index contributed by atoms with van der Waals surface area (Å²) in [6.07, 6.45) is 0.762. The number of carbonyl (C=O) groups excluding carboxylic acids is 1. The van der Waals surface area contributed by atoms with E-state index in [1.807, 2.05) is 0 Å². The second-order valence-corrected chi connectivity index (χ2v) is 4.29. The molecule has 0 bridgehead atoms. The van der Waals surface area contributed by atoms with E-state index in [0.717, 1.165) is 11.3 Å². The summed E-state index contributed by atoms with van der Waals surface area (Å²) in [5.74, 6) is -0.470. The lowest BCUT2D eigenvalue weighted by Gasteiger charge is -2.05. The molecule has 1 heterocycles. The van der Waals surface area contributed by atoms with Crippen molar-refractivity contribution in [3.8, 4) is 0 Å². The summed E-state index contributed by atoms with van der Waals surface area (Å²) in [4.78, 5) is 10.7. The highest BCUT2D eigenvalue weighted by Gasteiger charge is 2.06. The summed E-state index contributed by atoms with van der Waals surface area (Å²) in [5.41, 5.74) is 6.66. The lowest BCUT2D eigenvalue weighted by atomic mass is 10.1. The molecule has 0 aliphatic rings. The Kier molecular flexibility index (Phi) is 4.29. The van der Waals surface area contributed by atoms with E-state index in [4.69, 9.17) is 5.73 Å². The summed E-state index contributed by atoms with van der Waals surface area (Å²) in [6, 6.07) is 6.08. The molecular weight excluding hydrogens is 266 g/mol. The van der Waals surface area contributed by atoms with Crippen LogP contribution >= 0.6 is 0 Å². The highest BCUT2D eigenvalue weighted by atomic mass is 19.3. The van der Waals surface area contributed by atoms with E-state index in [0.29, 0.717) is 6.54 Å². The first-order chi connectivity index (χ1) is 9.54. The lowest BCUT2D eigenvalue weighted by Crippen LogP contribution is -2.18. The summed E-state index contributed by atoms with van der Waals surface area (Å²) in [6.45, 7) is 0.497. The van der Waals surface area contributed by atoms with Gasteiger partial charge in [0.25, 0.3) is 6.43 Å². The fraction of sp³-hybridized carbons (Fsp3) is 0.231. The van der Waals surface area contributed by atoms with Crippen molar-refractivity contribution in [1.82, 2.24) is 9.78 Å². The van der Waals surface area contributed by atoms with Gasteiger partial charge in [0.05, 0.1) is 11.9 Å². The fourth-order valence-electron chi connectivity index (χ4n) is 1.69. The first-order valence-electron chi connectivity index (χ1n) is 5.96. The molecule has 7 heteroatoms. The Morgan fingerprint density at radius 1 is 1.35 bits per heavy atom. The number of hydrogen-bond donors (Lipinski definition) is 2. The minimum atomic E-state index is -2.45. The first-order valence-corrected chi connectivity index (χ1v) is 5.96. The van der Waals surface area contributed by atoms with E-state index < -0.39 is 12.3 Å². The van der Waals surface area contributed by atoms with Gasteiger partial charge in [0.1, 0.15) is 6.54 Å². The SMILES string of the molecule is NC(=O)Cn1cc(NCc2ccc(C(F)F)cc2)cn1. The van der Waals surface area contributed by atoms with Crippen molar-refractivity contribution in [1.29, 1.82) is 0 Å². The van der Waals surface area contributed by atoms with Gasteiger partial charge in [0, 0.05) is 18.3 Å². The van der Waals surface area contributed by atoms with Crippen molar-refractivity contribution in [2.45, 2.75) is 19.5 Å². The second-order valence-electron chi connectivity index (χ2n) is 4.29. The third-order valence-electron chi connectivity index (χ3n) is 2.68. The number of alkyl halides is 2. The van der Waals surface area contributed by atoms with Crippen molar-refractivity contribution in [3.05, 3.63) is 47.8 Å². The van der Waals surface area contributed by atoms with E-state index >= 15 is 0 Å². The fourth-order valence-corrected chi connectivity index (χ4v) is 1.69. The van der Waals surface area contributed by atoms with Gasteiger partial charge >= 0.3 is 0 Å². The minimum absolute atomic E-state index is 0.00280. The number of hydrogen-bond acceptors (Lipinski definition) is 3. The molecule has 0 atom stereocenters. The number of rotatable bonds is 6. The van der Waals surface area contributed by atoms with Gasteiger partial charge in [0.2, 0.25) is 5.91 Å². The van der Waals surface area contributed by atoms with Crippen molar-refractivity contribution in [2.75, 3.05) is 5.32 Å². The zero-order chi connectivity index (χ0) is 14.5. The van der Waals surface area contributed by atoms with Crippen LogP contribution in [0.3, 0.4) is 0 Å². The molecule has 5 nitrogen and oxygen atoms in total. The molecule has 1 amide bonds. The Bertz CT molecular complexity index is 580. The number of primary amides is 1. The molecule has 0 aliphatic heterocycles. The van der Waals surface area contributed by atoms with Gasteiger partial charge in [-0.1, -0.05) is 24.3 Å². The quantitative estimate of drug-likeness (QED) is 0.849. The van der Waals surface area contributed by atoms with E-state index in [2.05, 4.69) is 10.4 Å². The maximum Gasteiger partial charge on any atom is 0.263 e. The van der Waals surface area contributed by atoms with Crippen LogP contribution in [0.5, 0.6) is 0 Å². The molecule has 0 saturated carbocycles. The lowest BCUT2D eigenvalue weighted by molar-refractivity contribution is -0.118. The van der Waals surface area contributed by atoms with Crippen molar-refractivity contribution in [3.63, 3.8) is 0 Å². The largest absolute Gasteiger partial charge is 0.378 e. The van der Waals surface area contributed by atoms with E-state index in [1.54, 1.807) is 24.5 Å². The zero-order valence-corrected chi connectivity index (χ0v) is 10.6. The number of amides is 1. The van der Waals surface area contributed by atoms with Crippen LogP contribution in [0.15, 0.2) is 36.7 Å². The highest BCUT2D eigenvalue weighted by Crippen LogP contribution is 2.19. The molecule has 0 saturated heterocycles. The molecule has 1 aromatic heterocycles. The van der Waals surface area contributed by atoms with Gasteiger partial charge in [-0.3, -0.25) is 9.48 Å². The maximum atomic E-state index is 12.4. The van der Waals surface area contributed by atoms with Crippen molar-refractivity contribution >= 4 is 11.6 Å². The van der Waals surface area contributed by atoms with Crippen LogP contribution in [0.2, 0.25) is 0 Å². The standard InChI is InChI=1S/C13H14F2N4O/c14-13(15)10-3-1-9(2-4-10)5-17-11-6-18-19(7-11)8-12(16)20/h1-4,6-7,13,17H,5,8H2,(H2,16,20). The van der Waals surface area contributed by atoms with Crippen molar-refractivity contribution in [2.24, 2.45) is 5.73 Å². The van der Waals surface area contributed by atoms with Crippen LogP contribution in [-0.4, -0.2) is 15.7 Å². The van der Waals surface area contributed by atoms with Crippen LogP contribution in [0.1, 0.15) is 17.6 Å². The predicted molar refractivity (Wildman–Crippen MR) is 70.1 cm³/mol. The Labute approximate surface area is 114 Å². The number of carbonyl (C=O) groups is 1. The number of aromatic nitrogens is 2. The predicted octanol–water partition coefficient (Wildman–Crippen LogP) is 1.92. The molecule has 106 valence electrons. The molecule has 0 unspecified atom stereocenters. The van der Waals surface area contributed by atoms with Gasteiger partial charge in [-0.05, 0) is 5.56 Å². The van der Waals surface area contributed by atoms with Crippen LogP contribution in [0.25, 0.3) is 0 Å². The number of halogens is 2. The van der Waals surface area contributed by atoms with Crippen LogP contribution < -0.4 is 11.1 Å². The average molecular weight is 280 g/mol. The summed E-state index contributed by atoms with van der Waals surface area (Å²) >= 11 is 0. The van der Waals surface area contributed by atoms with Gasteiger partial charge in [-0.25, -0.2) is 8.78 Å². The first kappa shape index (κ1) is 14.0. The van der Waals surface area contributed by atoms with E-state index in [1.165, 1.54) is 16.8 Å². The average Bonchev–Trinajstić information content (AvgIpc) is 2.83. The van der Waals surface area contributed by atoms with Crippen LogP contribution in [-0.2, 0) is 17.9 Å². The van der Waals surface area contributed by atoms with E-state index in [-0.39, 0.29) is 12.1 Å². The van der Waals surface area contributed by atoms with E-state index in [9.17, 15) is 13.6 Å². The third-order valence-corrected chi connectivity index (χ3v) is 2.68. The van der Waals surface area contributed by atoms with Crippen molar-refractivity contribution < 1.29 is 13.6 Å². The number of benzene rings is 1. The highest BCUT2D eigenvalue weighted by molar-refractivity contribution is 5.73. The number of nitrogens with two attached hydrogens (primary N) is 1. The number of nitrogens with zero attached hydrogens (tertiary/aromatic N) is 2. The molecule has 2 aromatic rings. The molecule has 2 rings (SSSR count). The molecule has 20 heavy (non-hydrogen) atoms. The summed E-state index contributed by atoms with van der Waals surface area (Å²) < 4.78 is 26.2. The van der Waals surface area contributed by atoms with Gasteiger partial charge in [-0.15, -0.1) is 0 Å². The van der Waals surface area contributed by atoms with Crippen LogP contribution in [0, 0.1) is 0 Å². The Morgan fingerprint density at radius 3 is 2.65 bits per heavy atom. The molecule has 0 radical (unpaired) electrons. The third kappa shape index (κ3) is 3.78. The maximum absolute atomic E-state index is 12.4. The number of anilines is 1. The van der Waals surface area contributed by atoms with Crippen LogP contribution in [0.4, 0.5) is 14.5 Å². The minimum Gasteiger partial charge on any atom is -0.378 e. The molecule has 1 aromatic carbocycles. The smallest absolute Gasteiger partial charge is 0.263 e. The van der Waals surface area contributed by atoms with Gasteiger partial charge in [-0.2, -0.15) is 5.10 Å². The zero-order valence-electron chi connectivity index (χ0n) is 10.6. The molecular formula is C13H14F2N4O. The summed E-state index contributed by atoms with van der Waals surface area (Å²) in [7, 11) is 0. The molecule has 0 spiro atoms. The monoisotopic (exact) mass is 280 g/mol. The Balaban J connectivity index is 1.91. The Hall–Kier alpha value is -2.44. The molecule has 0 fully saturated rings. The summed E-state index contributed by atoms with van der Waals surface area (Å²) in [5, 5.41) is 7.04. The second kappa shape index (κ2) is 6.14. The molecule has 3 N–H and O–H groups in total. The Morgan fingerprint density at radius 2 is 2.05 bits per heavy atom. The molecule has 0 aliphatic carbocycles. The number of nitrogens with one attached hydrogen (secondary N) is 1. The normalized spacial score (nSPS) is 10.8. The topological polar surface area (TPSA) is 72.9 Å². The van der Waals surface area contributed by atoms with Gasteiger partial charge in [0.15, 0.2) is 0 Å².